The first-order chi connectivity index (χ1) is 8.63. The van der Waals surface area contributed by atoms with E-state index in [0.717, 1.165) is 28.9 Å². The number of para-hydroxylation sites is 1. The van der Waals surface area contributed by atoms with Crippen molar-refractivity contribution in [3.05, 3.63) is 46.8 Å². The van der Waals surface area contributed by atoms with Crippen molar-refractivity contribution in [3.63, 3.8) is 0 Å². The number of benzene rings is 1. The summed E-state index contributed by atoms with van der Waals surface area (Å²) in [4.78, 5) is 12.1. The largest absolute Gasteiger partial charge is 0.320 e. The Bertz CT molecular complexity index is 572. The normalized spacial score (nSPS) is 10.4. The molecule has 94 valence electrons. The van der Waals surface area contributed by atoms with E-state index in [1.807, 2.05) is 38.1 Å². The molecule has 1 heterocycles. The van der Waals surface area contributed by atoms with Crippen molar-refractivity contribution >= 4 is 11.6 Å². The Kier molecular flexibility index (Phi) is 3.46. The van der Waals surface area contributed by atoms with E-state index in [2.05, 4.69) is 22.4 Å². The van der Waals surface area contributed by atoms with Crippen molar-refractivity contribution in [3.8, 4) is 0 Å². The molecule has 18 heavy (non-hydrogen) atoms. The van der Waals surface area contributed by atoms with Gasteiger partial charge in [0, 0.05) is 16.9 Å². The number of nitrogens with zero attached hydrogens (tertiary/aromatic N) is 1. The van der Waals surface area contributed by atoms with Crippen LogP contribution >= 0.6 is 0 Å². The lowest BCUT2D eigenvalue weighted by atomic mass is 10.1. The Morgan fingerprint density at radius 2 is 2.06 bits per heavy atom. The summed E-state index contributed by atoms with van der Waals surface area (Å²) in [5, 5.41) is 9.76. The fourth-order valence-corrected chi connectivity index (χ4v) is 1.84. The van der Waals surface area contributed by atoms with Gasteiger partial charge >= 0.3 is 0 Å². The van der Waals surface area contributed by atoms with Crippen LogP contribution < -0.4 is 5.32 Å². The van der Waals surface area contributed by atoms with Crippen molar-refractivity contribution in [2.75, 3.05) is 5.32 Å². The minimum absolute atomic E-state index is 0.169. The van der Waals surface area contributed by atoms with Crippen LogP contribution in [0.4, 0.5) is 5.69 Å². The van der Waals surface area contributed by atoms with E-state index in [1.165, 1.54) is 0 Å². The molecule has 0 radical (unpaired) electrons. The zero-order chi connectivity index (χ0) is 13.1. The van der Waals surface area contributed by atoms with Gasteiger partial charge in [-0.15, -0.1) is 0 Å². The number of aromatic nitrogens is 2. The lowest BCUT2D eigenvalue weighted by molar-refractivity contribution is 0.102. The van der Waals surface area contributed by atoms with Gasteiger partial charge in [-0.1, -0.05) is 25.1 Å². The number of rotatable bonds is 3. The standard InChI is InChI=1S/C14H17N3O/c1-4-11-7-5-6-8-12(11)15-14(18)13-9(2)10(3)16-17-13/h5-8H,4H2,1-3H3,(H,15,18)(H,16,17). The molecule has 1 aromatic heterocycles. The first-order valence-corrected chi connectivity index (χ1v) is 6.04. The maximum Gasteiger partial charge on any atom is 0.276 e. The third-order valence-corrected chi connectivity index (χ3v) is 3.11. The third kappa shape index (κ3) is 2.27. The number of amides is 1. The molecule has 1 aromatic carbocycles. The Hall–Kier alpha value is -2.10. The minimum Gasteiger partial charge on any atom is -0.320 e. The van der Waals surface area contributed by atoms with E-state index in [9.17, 15) is 4.79 Å². The molecule has 4 heteroatoms. The zero-order valence-electron chi connectivity index (χ0n) is 10.9. The molecule has 2 N–H and O–H groups in total. The molecule has 0 aliphatic carbocycles. The predicted octanol–water partition coefficient (Wildman–Crippen LogP) is 2.84. The zero-order valence-corrected chi connectivity index (χ0v) is 10.9. The lowest BCUT2D eigenvalue weighted by Crippen LogP contribution is -2.14. The molecule has 0 saturated carbocycles. The highest BCUT2D eigenvalue weighted by molar-refractivity contribution is 6.04. The van der Waals surface area contributed by atoms with Gasteiger partial charge in [-0.05, 0) is 31.9 Å². The summed E-state index contributed by atoms with van der Waals surface area (Å²) >= 11 is 0. The third-order valence-electron chi connectivity index (χ3n) is 3.11. The predicted molar refractivity (Wildman–Crippen MR) is 71.8 cm³/mol. The number of aromatic amines is 1. The summed E-state index contributed by atoms with van der Waals surface area (Å²) in [5.74, 6) is -0.169. The van der Waals surface area contributed by atoms with Gasteiger partial charge in [-0.2, -0.15) is 5.10 Å². The van der Waals surface area contributed by atoms with Gasteiger partial charge in [-0.3, -0.25) is 9.89 Å². The molecule has 0 aliphatic rings. The van der Waals surface area contributed by atoms with Crippen LogP contribution in [0.25, 0.3) is 0 Å². The molecule has 0 bridgehead atoms. The summed E-state index contributed by atoms with van der Waals surface area (Å²) in [6, 6.07) is 7.81. The van der Waals surface area contributed by atoms with E-state index in [1.54, 1.807) is 0 Å². The number of H-pyrrole nitrogens is 1. The molecule has 0 aliphatic heterocycles. The van der Waals surface area contributed by atoms with Gasteiger partial charge in [0.25, 0.3) is 5.91 Å². The van der Waals surface area contributed by atoms with Crippen LogP contribution in [0.3, 0.4) is 0 Å². The molecule has 0 fully saturated rings. The average molecular weight is 243 g/mol. The summed E-state index contributed by atoms with van der Waals surface area (Å²) in [7, 11) is 0. The highest BCUT2D eigenvalue weighted by Crippen LogP contribution is 2.17. The monoisotopic (exact) mass is 243 g/mol. The number of carbonyl (C=O) groups is 1. The molecule has 0 saturated heterocycles. The van der Waals surface area contributed by atoms with Gasteiger partial charge in [0.2, 0.25) is 0 Å². The Morgan fingerprint density at radius 3 is 2.67 bits per heavy atom. The number of anilines is 1. The second-order valence-electron chi connectivity index (χ2n) is 4.29. The molecule has 0 atom stereocenters. The SMILES string of the molecule is CCc1ccccc1NC(=O)c1n[nH]c(C)c1C. The van der Waals surface area contributed by atoms with Gasteiger partial charge in [0.1, 0.15) is 0 Å². The highest BCUT2D eigenvalue weighted by atomic mass is 16.1. The Morgan fingerprint density at radius 1 is 1.33 bits per heavy atom. The topological polar surface area (TPSA) is 57.8 Å². The van der Waals surface area contributed by atoms with E-state index >= 15 is 0 Å². The van der Waals surface area contributed by atoms with Crippen molar-refractivity contribution in [2.24, 2.45) is 0 Å². The second kappa shape index (κ2) is 5.04. The summed E-state index contributed by atoms with van der Waals surface area (Å²) in [5.41, 5.74) is 4.24. The number of carbonyl (C=O) groups excluding carboxylic acids is 1. The van der Waals surface area contributed by atoms with Crippen LogP contribution in [0, 0.1) is 13.8 Å². The summed E-state index contributed by atoms with van der Waals surface area (Å²) in [6.45, 7) is 5.85. The van der Waals surface area contributed by atoms with Gasteiger partial charge in [0.05, 0.1) is 0 Å². The molecule has 2 rings (SSSR count). The van der Waals surface area contributed by atoms with Crippen LogP contribution in [0.2, 0.25) is 0 Å². The average Bonchev–Trinajstić information content (AvgIpc) is 2.71. The van der Waals surface area contributed by atoms with Crippen molar-refractivity contribution in [2.45, 2.75) is 27.2 Å². The van der Waals surface area contributed by atoms with Gasteiger partial charge < -0.3 is 5.32 Å². The number of aryl methyl sites for hydroxylation is 2. The second-order valence-corrected chi connectivity index (χ2v) is 4.29. The minimum atomic E-state index is -0.169. The first-order valence-electron chi connectivity index (χ1n) is 6.04. The van der Waals surface area contributed by atoms with Crippen LogP contribution in [-0.4, -0.2) is 16.1 Å². The Labute approximate surface area is 106 Å². The smallest absolute Gasteiger partial charge is 0.276 e. The van der Waals surface area contributed by atoms with Crippen LogP contribution in [-0.2, 0) is 6.42 Å². The lowest BCUT2D eigenvalue weighted by Gasteiger charge is -2.08. The van der Waals surface area contributed by atoms with Gasteiger partial charge in [0.15, 0.2) is 5.69 Å². The number of hydrogen-bond acceptors (Lipinski definition) is 2. The van der Waals surface area contributed by atoms with Crippen molar-refractivity contribution in [1.29, 1.82) is 0 Å². The maximum atomic E-state index is 12.1. The molecule has 1 amide bonds. The van der Waals surface area contributed by atoms with Crippen molar-refractivity contribution < 1.29 is 4.79 Å². The van der Waals surface area contributed by atoms with Crippen molar-refractivity contribution in [1.82, 2.24) is 10.2 Å². The first kappa shape index (κ1) is 12.4. The highest BCUT2D eigenvalue weighted by Gasteiger charge is 2.15. The van der Waals surface area contributed by atoms with E-state index in [-0.39, 0.29) is 5.91 Å². The van der Waals surface area contributed by atoms with Crippen LogP contribution in [0.1, 0.15) is 34.2 Å². The van der Waals surface area contributed by atoms with Crippen LogP contribution in [0.15, 0.2) is 24.3 Å². The van der Waals surface area contributed by atoms with E-state index < -0.39 is 0 Å². The fourth-order valence-electron chi connectivity index (χ4n) is 1.84. The summed E-state index contributed by atoms with van der Waals surface area (Å²) < 4.78 is 0. The van der Waals surface area contributed by atoms with E-state index in [4.69, 9.17) is 0 Å². The number of hydrogen-bond donors (Lipinski definition) is 2. The fraction of sp³-hybridized carbons (Fsp3) is 0.286. The Balaban J connectivity index is 2.24. The molecular formula is C14H17N3O. The maximum absolute atomic E-state index is 12.1. The molecular weight excluding hydrogens is 226 g/mol. The van der Waals surface area contributed by atoms with Crippen LogP contribution in [0.5, 0.6) is 0 Å². The molecule has 0 spiro atoms. The molecule has 0 unspecified atom stereocenters. The quantitative estimate of drug-likeness (QED) is 0.870. The van der Waals surface area contributed by atoms with E-state index in [0.29, 0.717) is 5.69 Å². The molecule has 4 nitrogen and oxygen atoms in total. The number of nitrogens with one attached hydrogen (secondary N) is 2. The molecule has 2 aromatic rings. The van der Waals surface area contributed by atoms with Gasteiger partial charge in [-0.25, -0.2) is 0 Å². The summed E-state index contributed by atoms with van der Waals surface area (Å²) in [6.07, 6.45) is 0.884.